The SMILES string of the molecule is O=C(NCc1ccccc1)c1nc(COc2ccccc2)nc(O)c1O. The van der Waals surface area contributed by atoms with Gasteiger partial charge in [-0.3, -0.25) is 4.79 Å². The number of aromatic nitrogens is 2. The first-order valence-corrected chi connectivity index (χ1v) is 7.92. The number of hydrogen-bond acceptors (Lipinski definition) is 6. The molecule has 0 aliphatic carbocycles. The number of aromatic hydroxyl groups is 2. The van der Waals surface area contributed by atoms with Crippen LogP contribution >= 0.6 is 0 Å². The average molecular weight is 351 g/mol. The van der Waals surface area contributed by atoms with Crippen molar-refractivity contribution in [2.75, 3.05) is 0 Å². The molecular formula is C19H17N3O4. The number of hydrogen-bond donors (Lipinski definition) is 3. The molecule has 26 heavy (non-hydrogen) atoms. The summed E-state index contributed by atoms with van der Waals surface area (Å²) in [6, 6.07) is 18.3. The number of carbonyl (C=O) groups is 1. The Hall–Kier alpha value is -3.61. The van der Waals surface area contributed by atoms with Crippen molar-refractivity contribution in [3.8, 4) is 17.4 Å². The fourth-order valence-corrected chi connectivity index (χ4v) is 2.24. The van der Waals surface area contributed by atoms with Crippen molar-refractivity contribution in [2.24, 2.45) is 0 Å². The minimum atomic E-state index is -0.670. The molecule has 0 atom stereocenters. The van der Waals surface area contributed by atoms with Crippen LogP contribution in [0.4, 0.5) is 0 Å². The summed E-state index contributed by atoms with van der Waals surface area (Å²) >= 11 is 0. The van der Waals surface area contributed by atoms with Crippen LogP contribution in [0.15, 0.2) is 60.7 Å². The zero-order valence-corrected chi connectivity index (χ0v) is 13.8. The highest BCUT2D eigenvalue weighted by Crippen LogP contribution is 2.25. The minimum absolute atomic E-state index is 0.0587. The van der Waals surface area contributed by atoms with Gasteiger partial charge in [0.05, 0.1) is 0 Å². The van der Waals surface area contributed by atoms with Gasteiger partial charge in [-0.1, -0.05) is 48.5 Å². The van der Waals surface area contributed by atoms with E-state index in [2.05, 4.69) is 15.3 Å². The Balaban J connectivity index is 1.71. The lowest BCUT2D eigenvalue weighted by Gasteiger charge is -2.10. The van der Waals surface area contributed by atoms with Gasteiger partial charge in [0, 0.05) is 6.54 Å². The van der Waals surface area contributed by atoms with Crippen LogP contribution in [0.25, 0.3) is 0 Å². The summed E-state index contributed by atoms with van der Waals surface area (Å²) in [6.45, 7) is 0.205. The first-order chi connectivity index (χ1) is 12.6. The Bertz CT molecular complexity index is 886. The third-order valence-electron chi connectivity index (χ3n) is 3.53. The minimum Gasteiger partial charge on any atom is -0.501 e. The first kappa shape index (κ1) is 17.2. The third-order valence-corrected chi connectivity index (χ3v) is 3.53. The molecule has 3 aromatic rings. The van der Waals surface area contributed by atoms with Crippen molar-refractivity contribution in [3.05, 3.63) is 77.7 Å². The fraction of sp³-hybridized carbons (Fsp3) is 0.105. The normalized spacial score (nSPS) is 10.3. The Labute approximate surface area is 149 Å². The largest absolute Gasteiger partial charge is 0.501 e. The van der Waals surface area contributed by atoms with Crippen LogP contribution in [0.3, 0.4) is 0 Å². The molecule has 2 aromatic carbocycles. The van der Waals surface area contributed by atoms with Crippen LogP contribution < -0.4 is 10.1 Å². The molecule has 0 aliphatic heterocycles. The second-order valence-corrected chi connectivity index (χ2v) is 5.43. The molecule has 1 heterocycles. The highest BCUT2D eigenvalue weighted by Gasteiger charge is 2.19. The molecule has 0 saturated heterocycles. The van der Waals surface area contributed by atoms with E-state index in [0.29, 0.717) is 5.75 Å². The average Bonchev–Trinajstić information content (AvgIpc) is 2.68. The van der Waals surface area contributed by atoms with Gasteiger partial charge >= 0.3 is 0 Å². The second-order valence-electron chi connectivity index (χ2n) is 5.43. The maximum absolute atomic E-state index is 12.3. The summed E-state index contributed by atoms with van der Waals surface area (Å²) in [7, 11) is 0. The van der Waals surface area contributed by atoms with Crippen LogP contribution in [0, 0.1) is 0 Å². The van der Waals surface area contributed by atoms with Crippen molar-refractivity contribution >= 4 is 5.91 Å². The number of para-hydroxylation sites is 1. The summed E-state index contributed by atoms with van der Waals surface area (Å²) in [6.07, 6.45) is 0. The Morgan fingerprint density at radius 3 is 2.31 bits per heavy atom. The molecule has 7 heteroatoms. The molecule has 0 spiro atoms. The van der Waals surface area contributed by atoms with Gasteiger partial charge in [-0.15, -0.1) is 0 Å². The van der Waals surface area contributed by atoms with Gasteiger partial charge in [0.25, 0.3) is 11.8 Å². The number of carbonyl (C=O) groups excluding carboxylic acids is 1. The lowest BCUT2D eigenvalue weighted by atomic mass is 10.2. The maximum atomic E-state index is 12.3. The topological polar surface area (TPSA) is 105 Å². The van der Waals surface area contributed by atoms with Gasteiger partial charge in [0.1, 0.15) is 12.4 Å². The van der Waals surface area contributed by atoms with E-state index in [1.54, 1.807) is 12.1 Å². The molecule has 3 rings (SSSR count). The highest BCUT2D eigenvalue weighted by atomic mass is 16.5. The summed E-state index contributed by atoms with van der Waals surface area (Å²) in [4.78, 5) is 20.0. The van der Waals surface area contributed by atoms with Gasteiger partial charge < -0.3 is 20.3 Å². The predicted octanol–water partition coefficient (Wildman–Crippen LogP) is 2.40. The zero-order valence-electron chi connectivity index (χ0n) is 13.8. The number of nitrogens with one attached hydrogen (secondary N) is 1. The first-order valence-electron chi connectivity index (χ1n) is 7.92. The van der Waals surface area contributed by atoms with E-state index in [1.165, 1.54) is 0 Å². The highest BCUT2D eigenvalue weighted by molar-refractivity contribution is 5.95. The summed E-state index contributed by atoms with van der Waals surface area (Å²) in [5.74, 6) is -1.28. The van der Waals surface area contributed by atoms with Crippen molar-refractivity contribution in [1.82, 2.24) is 15.3 Å². The Kier molecular flexibility index (Phi) is 5.28. The summed E-state index contributed by atoms with van der Waals surface area (Å²) < 4.78 is 5.50. The molecule has 1 aromatic heterocycles. The second kappa shape index (κ2) is 7.98. The Morgan fingerprint density at radius 2 is 1.62 bits per heavy atom. The molecule has 0 radical (unpaired) electrons. The van der Waals surface area contributed by atoms with Gasteiger partial charge in [0.2, 0.25) is 5.75 Å². The third kappa shape index (κ3) is 4.27. The number of rotatable bonds is 6. The molecule has 0 saturated carbocycles. The van der Waals surface area contributed by atoms with Gasteiger partial charge in [-0.2, -0.15) is 4.98 Å². The molecule has 7 nitrogen and oxygen atoms in total. The molecule has 1 amide bonds. The zero-order chi connectivity index (χ0) is 18.4. The van der Waals surface area contributed by atoms with E-state index in [-0.39, 0.29) is 24.7 Å². The van der Waals surface area contributed by atoms with E-state index >= 15 is 0 Å². The molecule has 0 aliphatic rings. The smallest absolute Gasteiger partial charge is 0.274 e. The standard InChI is InChI=1S/C19H17N3O4/c23-17-16(18(24)20-11-13-7-3-1-4-8-13)21-15(22-19(17)25)12-26-14-9-5-2-6-10-14/h1-10,23H,11-12H2,(H,20,24)(H,21,22,25). The molecule has 132 valence electrons. The number of ether oxygens (including phenoxy) is 1. The summed E-state index contributed by atoms with van der Waals surface area (Å²) in [5.41, 5.74) is 0.589. The van der Waals surface area contributed by atoms with E-state index in [9.17, 15) is 15.0 Å². The molecule has 0 unspecified atom stereocenters. The van der Waals surface area contributed by atoms with Crippen molar-refractivity contribution < 1.29 is 19.7 Å². The van der Waals surface area contributed by atoms with E-state index in [4.69, 9.17) is 4.74 Å². The van der Waals surface area contributed by atoms with Crippen molar-refractivity contribution in [2.45, 2.75) is 13.2 Å². The van der Waals surface area contributed by atoms with Gasteiger partial charge in [0.15, 0.2) is 11.5 Å². The van der Waals surface area contributed by atoms with Crippen LogP contribution in [0.2, 0.25) is 0 Å². The van der Waals surface area contributed by atoms with Crippen LogP contribution in [-0.2, 0) is 13.2 Å². The molecule has 0 fully saturated rings. The maximum Gasteiger partial charge on any atom is 0.274 e. The molecule has 3 N–H and O–H groups in total. The van der Waals surface area contributed by atoms with E-state index in [0.717, 1.165) is 5.56 Å². The van der Waals surface area contributed by atoms with Gasteiger partial charge in [-0.05, 0) is 17.7 Å². The number of amides is 1. The Morgan fingerprint density at radius 1 is 0.962 bits per heavy atom. The predicted molar refractivity (Wildman–Crippen MR) is 93.7 cm³/mol. The van der Waals surface area contributed by atoms with Crippen LogP contribution in [-0.4, -0.2) is 26.1 Å². The molecular weight excluding hydrogens is 334 g/mol. The lowest BCUT2D eigenvalue weighted by Crippen LogP contribution is -2.24. The van der Waals surface area contributed by atoms with E-state index < -0.39 is 17.5 Å². The summed E-state index contributed by atoms with van der Waals surface area (Å²) in [5, 5.41) is 22.3. The van der Waals surface area contributed by atoms with Crippen LogP contribution in [0.1, 0.15) is 21.9 Å². The number of benzene rings is 2. The number of nitrogens with zero attached hydrogens (tertiary/aromatic N) is 2. The van der Waals surface area contributed by atoms with Crippen molar-refractivity contribution in [1.29, 1.82) is 0 Å². The quantitative estimate of drug-likeness (QED) is 0.630. The van der Waals surface area contributed by atoms with Crippen LogP contribution in [0.5, 0.6) is 17.4 Å². The van der Waals surface area contributed by atoms with Crippen molar-refractivity contribution in [3.63, 3.8) is 0 Å². The lowest BCUT2D eigenvalue weighted by molar-refractivity contribution is 0.0941. The molecule has 0 bridgehead atoms. The fourth-order valence-electron chi connectivity index (χ4n) is 2.24. The monoisotopic (exact) mass is 351 g/mol. The van der Waals surface area contributed by atoms with Gasteiger partial charge in [-0.25, -0.2) is 4.98 Å². The van der Waals surface area contributed by atoms with E-state index in [1.807, 2.05) is 48.5 Å².